The second kappa shape index (κ2) is 40.1. The highest BCUT2D eigenvalue weighted by molar-refractivity contribution is 9.10. The number of Topliss-reactive ketones (excluding diaryl/α,β-unsaturated/α-hetero) is 3. The summed E-state index contributed by atoms with van der Waals surface area (Å²) in [5.41, 5.74) is 20.3. The van der Waals surface area contributed by atoms with E-state index in [4.69, 9.17) is 27.9 Å². The van der Waals surface area contributed by atoms with Crippen LogP contribution in [0.2, 0.25) is 10.0 Å². The fourth-order valence-electron chi connectivity index (χ4n) is 20.1. The average Bonchev–Trinajstić information content (AvgIpc) is 1.55. The van der Waals surface area contributed by atoms with Crippen LogP contribution in [-0.2, 0) is 96.0 Å². The topological polar surface area (TPSA) is 214 Å². The summed E-state index contributed by atoms with van der Waals surface area (Å²) in [5.74, 6) is 1.63. The predicted molar refractivity (Wildman–Crippen MR) is 528 cm³/mol. The van der Waals surface area contributed by atoms with Crippen LogP contribution in [0.1, 0.15) is 92.5 Å². The third-order valence-corrected chi connectivity index (χ3v) is 28.5. The number of benzene rings is 8. The van der Waals surface area contributed by atoms with E-state index >= 15 is 0 Å². The van der Waals surface area contributed by atoms with E-state index in [9.17, 15) is 43.2 Å². The van der Waals surface area contributed by atoms with Crippen LogP contribution in [0.5, 0.6) is 5.75 Å². The number of rotatable bonds is 26. The van der Waals surface area contributed by atoms with Crippen molar-refractivity contribution in [3.63, 3.8) is 0 Å². The molecule has 0 unspecified atom stereocenters. The number of aryl methyl sites for hydroxylation is 4. The Morgan fingerprint density at radius 2 is 1.06 bits per heavy atom. The lowest BCUT2D eigenvalue weighted by Gasteiger charge is -2.38. The second-order valence-electron chi connectivity index (χ2n) is 36.1. The van der Waals surface area contributed by atoms with Gasteiger partial charge in [0.1, 0.15) is 12.3 Å². The second-order valence-corrected chi connectivity index (χ2v) is 38.7. The first-order chi connectivity index (χ1) is 63.6. The van der Waals surface area contributed by atoms with Crippen LogP contribution in [0, 0.1) is 45.4 Å². The number of ether oxygens (including phenoxy) is 1. The smallest absolute Gasteiger partial charge is 0.256 e. The van der Waals surface area contributed by atoms with Crippen LogP contribution in [0.15, 0.2) is 236 Å². The molecule has 132 heavy (non-hydrogen) atoms. The maximum Gasteiger partial charge on any atom is 0.256 e. The molecule has 25 heteroatoms. The number of methoxy groups -OCH3 is 1. The van der Waals surface area contributed by atoms with Gasteiger partial charge in [0, 0.05) is 193 Å². The van der Waals surface area contributed by atoms with E-state index in [1.807, 2.05) is 27.8 Å². The summed E-state index contributed by atoms with van der Waals surface area (Å²) in [6, 6.07) is 51.9. The van der Waals surface area contributed by atoms with Crippen LogP contribution in [-0.4, -0.2) is 185 Å². The maximum atomic E-state index is 13.7. The third kappa shape index (κ3) is 20.1. The molecule has 1 N–H and O–H groups in total. The minimum Gasteiger partial charge on any atom is -0.496 e. The SMILES string of the molecule is C=CC(=O)N1CC(CC(=O)Cn2cc(-c3cccc(-c4ccccc4)c3)c3cc(Br)cc(C)c32)C1.C=CC(=O)N1CC(CC(=O)Cn2cc(C(=O)N3CCc4c(C)cccc4C3)c3cc(Cl)cc(Cl)c32)C1.C=CC(=O)N1CC(CC(=O)Cn2ccc3cc(SC)ccc32)C1.C=CC(=O)N1CC(NC(=O)Cn2cc(C3(N4CCc5c(cccc5OC)C4)CC3)c3cc(C)cc(C)c32)C1. The molecule has 1 aliphatic carbocycles. The van der Waals surface area contributed by atoms with Gasteiger partial charge in [-0.25, -0.2) is 0 Å². The van der Waals surface area contributed by atoms with Crippen LogP contribution >= 0.6 is 50.9 Å². The van der Waals surface area contributed by atoms with Gasteiger partial charge in [-0.1, -0.05) is 156 Å². The van der Waals surface area contributed by atoms with Gasteiger partial charge in [-0.3, -0.25) is 48.1 Å². The first kappa shape index (κ1) is 93.1. The molecule has 5 fully saturated rings. The van der Waals surface area contributed by atoms with Crippen LogP contribution in [0.25, 0.3) is 65.9 Å². The van der Waals surface area contributed by atoms with Crippen molar-refractivity contribution in [3.05, 3.63) is 297 Å². The molecule has 6 aliphatic heterocycles. The van der Waals surface area contributed by atoms with Gasteiger partial charge in [0.15, 0.2) is 17.3 Å². The number of nitrogens with one attached hydrogen (secondary N) is 1. The van der Waals surface area contributed by atoms with E-state index in [0.717, 1.165) is 104 Å². The first-order valence-electron chi connectivity index (χ1n) is 45.0. The van der Waals surface area contributed by atoms with Crippen LogP contribution in [0.3, 0.4) is 0 Å². The summed E-state index contributed by atoms with van der Waals surface area (Å²) in [4.78, 5) is 124. The first-order valence-corrected chi connectivity index (χ1v) is 47.8. The fraction of sp³-hybridized carbons (Fsp3) is 0.318. The average molecular weight is 1890 g/mol. The van der Waals surface area contributed by atoms with Gasteiger partial charge in [-0.2, -0.15) is 0 Å². The number of fused-ring (bicyclic) bond motifs is 6. The zero-order valence-corrected chi connectivity index (χ0v) is 79.5. The van der Waals surface area contributed by atoms with Crippen molar-refractivity contribution in [1.82, 2.24) is 53.0 Å². The number of halogens is 3. The monoisotopic (exact) mass is 1890 g/mol. The van der Waals surface area contributed by atoms with Gasteiger partial charge in [-0.05, 0) is 212 Å². The molecule has 21 nitrogen and oxygen atoms in total. The van der Waals surface area contributed by atoms with Crippen molar-refractivity contribution in [1.29, 1.82) is 0 Å². The molecule has 19 rings (SSSR count). The number of hydrogen-bond donors (Lipinski definition) is 1. The van der Waals surface area contributed by atoms with E-state index in [1.165, 1.54) is 79.1 Å². The summed E-state index contributed by atoms with van der Waals surface area (Å²) >= 11 is 18.2. The number of carbonyl (C=O) groups is 9. The maximum absolute atomic E-state index is 13.7. The highest BCUT2D eigenvalue weighted by Crippen LogP contribution is 2.55. The molecule has 0 atom stereocenters. The zero-order valence-electron chi connectivity index (χ0n) is 75.6. The molecule has 10 heterocycles. The number of likely N-dealkylation sites (tertiary alicyclic amines) is 4. The molecule has 680 valence electrons. The lowest BCUT2D eigenvalue weighted by Crippen LogP contribution is -2.61. The summed E-state index contributed by atoms with van der Waals surface area (Å²) in [7, 11) is 1.75. The van der Waals surface area contributed by atoms with Crippen molar-refractivity contribution < 1.29 is 47.9 Å². The van der Waals surface area contributed by atoms with E-state index in [0.29, 0.717) is 124 Å². The Labute approximate surface area is 792 Å². The normalized spacial score (nSPS) is 15.8. The van der Waals surface area contributed by atoms with Gasteiger partial charge < -0.3 is 52.8 Å². The highest BCUT2D eigenvalue weighted by Gasteiger charge is 2.52. The minimum absolute atomic E-state index is 0.000496. The Kier molecular flexibility index (Phi) is 28.3. The van der Waals surface area contributed by atoms with E-state index in [2.05, 4.69) is 235 Å². The van der Waals surface area contributed by atoms with Gasteiger partial charge >= 0.3 is 0 Å². The van der Waals surface area contributed by atoms with Crippen molar-refractivity contribution in [2.45, 2.75) is 128 Å². The van der Waals surface area contributed by atoms with Crippen molar-refractivity contribution >= 4 is 147 Å². The molecular formula is C107H110BrCl2N11O10S. The van der Waals surface area contributed by atoms with E-state index in [-0.39, 0.29) is 95.2 Å². The standard InChI is InChI=1S/C31H36N4O3.C30H27BrN2O2.C28H27Cl2N3O3.C18H20N2O2S/c1-5-29(37)33-16-23(17-33)32-28(36)19-34-18-26(25-14-20(2)13-21(3)30(25)34)31(10-11-31)35-12-9-24-22(15-35)7-6-8-27(24)38-4;1-3-29(35)32-16-21(17-32)13-26(34)18-33-19-28(27-15-25(31)12-20(2)30(27)33)24-11-7-10-23(14-24)22-8-5-4-6-9-22;1-3-26(35)32-12-18(13-32)9-21(34)15-33-16-24(23-10-20(29)11-25(30)27(23)33)28(36)31-8-7-22-17(2)5-4-6-19(22)14-31;1-3-18(22)20-10-13(11-20)8-15(21)12-19-7-6-14-9-16(23-2)4-5-17(14)19/h5-8,13-14,18,23H,1,9-12,15-17,19H2,2-4H3,(H,32,36);3-12,14-15,19,21H,1,13,16-18H2,2H3;3-6,10-11,16,18H,1,7-9,12-15H2,2H3;3-7,9,13H,1,8,10-12H2,2H3. The number of nitrogens with zero attached hydrogens (tertiary/aromatic N) is 10. The van der Waals surface area contributed by atoms with Gasteiger partial charge in [-0.15, -0.1) is 11.8 Å². The lowest BCUT2D eigenvalue weighted by atomic mass is 9.93. The minimum atomic E-state index is -0.114. The summed E-state index contributed by atoms with van der Waals surface area (Å²) in [5, 5.41) is 8.14. The largest absolute Gasteiger partial charge is 0.496 e. The molecule has 0 radical (unpaired) electrons. The van der Waals surface area contributed by atoms with Gasteiger partial charge in [0.05, 0.1) is 59.9 Å². The quantitative estimate of drug-likeness (QED) is 0.0396. The highest BCUT2D eigenvalue weighted by atomic mass is 79.9. The number of amides is 6. The number of thioether (sulfide) groups is 1. The Hall–Kier alpha value is -12.1. The Balaban J connectivity index is 0.000000130. The third-order valence-electron chi connectivity index (χ3n) is 26.8. The van der Waals surface area contributed by atoms with E-state index in [1.54, 1.807) is 61.4 Å². The summed E-state index contributed by atoms with van der Waals surface area (Å²) < 4.78 is 14.7. The Bertz CT molecular complexity index is 6590. The molecule has 1 saturated carbocycles. The number of aromatic nitrogens is 4. The molecule has 4 aromatic heterocycles. The number of ketones is 3. The molecule has 12 aromatic rings. The van der Waals surface area contributed by atoms with Crippen LogP contribution in [0.4, 0.5) is 0 Å². The Morgan fingerprint density at radius 3 is 1.67 bits per heavy atom. The van der Waals surface area contributed by atoms with Gasteiger partial charge in [0.25, 0.3) is 5.91 Å². The van der Waals surface area contributed by atoms with Crippen LogP contribution < -0.4 is 10.1 Å². The molecule has 0 spiro atoms. The Morgan fingerprint density at radius 1 is 0.508 bits per heavy atom. The van der Waals surface area contributed by atoms with E-state index < -0.39 is 0 Å². The fourth-order valence-corrected chi connectivity index (χ4v) is 21.7. The summed E-state index contributed by atoms with van der Waals surface area (Å²) in [6.45, 7) is 31.5. The van der Waals surface area contributed by atoms with Crippen molar-refractivity contribution in [2.75, 3.05) is 78.8 Å². The zero-order chi connectivity index (χ0) is 93.1. The lowest BCUT2D eigenvalue weighted by molar-refractivity contribution is -0.134. The molecule has 4 saturated heterocycles. The number of hydrogen-bond acceptors (Lipinski definition) is 12. The molecule has 6 amide bonds. The van der Waals surface area contributed by atoms with Crippen molar-refractivity contribution in [3.8, 4) is 28.0 Å². The number of carbonyl (C=O) groups excluding carboxylic acids is 9. The molecule has 8 aromatic carbocycles. The molecule has 7 aliphatic rings. The molecule has 0 bridgehead atoms. The predicted octanol–water partition coefficient (Wildman–Crippen LogP) is 18.5. The van der Waals surface area contributed by atoms with Gasteiger partial charge in [0.2, 0.25) is 29.5 Å². The van der Waals surface area contributed by atoms with Crippen molar-refractivity contribution in [2.24, 2.45) is 17.8 Å². The molecular weight excluding hydrogens is 1780 g/mol. The summed E-state index contributed by atoms with van der Waals surface area (Å²) in [6.07, 6.45) is 20.8.